The summed E-state index contributed by atoms with van der Waals surface area (Å²) < 4.78 is 0. The van der Waals surface area contributed by atoms with Crippen molar-refractivity contribution in [2.24, 2.45) is 4.99 Å². The molecule has 1 aromatic heterocycles. The second-order valence-corrected chi connectivity index (χ2v) is 5.51. The van der Waals surface area contributed by atoms with Gasteiger partial charge in [-0.1, -0.05) is 24.3 Å². The lowest BCUT2D eigenvalue weighted by molar-refractivity contribution is 0.808. The number of hydrogen-bond donors (Lipinski definition) is 2. The van der Waals surface area contributed by atoms with Gasteiger partial charge in [0.05, 0.1) is 17.7 Å². The molecule has 4 nitrogen and oxygen atoms in total. The number of thiazole rings is 1. The normalized spacial score (nSPS) is 10.9. The number of guanidine groups is 1. The van der Waals surface area contributed by atoms with Gasteiger partial charge >= 0.3 is 0 Å². The number of nitrogens with zero attached hydrogens (tertiary/aromatic N) is 2. The summed E-state index contributed by atoms with van der Waals surface area (Å²) in [5.41, 5.74) is 5.52. The molecule has 0 unspecified atom stereocenters. The summed E-state index contributed by atoms with van der Waals surface area (Å²) in [5, 5.41) is 6.64. The fourth-order valence-electron chi connectivity index (χ4n) is 1.87. The Morgan fingerprint density at radius 1 is 1.19 bits per heavy atom. The van der Waals surface area contributed by atoms with Crippen LogP contribution in [0.15, 0.2) is 34.8 Å². The summed E-state index contributed by atoms with van der Waals surface area (Å²) in [7, 11) is 1.78. The molecule has 6 heteroatoms. The van der Waals surface area contributed by atoms with Gasteiger partial charge in [-0.15, -0.1) is 35.3 Å². The molecule has 0 saturated carbocycles. The Hall–Kier alpha value is -1.15. The molecule has 1 aromatic carbocycles. The highest BCUT2D eigenvalue weighted by molar-refractivity contribution is 14.0. The second-order valence-electron chi connectivity index (χ2n) is 4.57. The highest BCUT2D eigenvalue weighted by atomic mass is 127. The Labute approximate surface area is 147 Å². The van der Waals surface area contributed by atoms with E-state index >= 15 is 0 Å². The molecule has 114 valence electrons. The van der Waals surface area contributed by atoms with Crippen LogP contribution < -0.4 is 10.6 Å². The van der Waals surface area contributed by atoms with E-state index in [1.54, 1.807) is 18.4 Å². The quantitative estimate of drug-likeness (QED) is 0.457. The van der Waals surface area contributed by atoms with E-state index in [0.29, 0.717) is 0 Å². The Balaban J connectivity index is 0.00000220. The topological polar surface area (TPSA) is 49.3 Å². The molecule has 0 aliphatic carbocycles. The summed E-state index contributed by atoms with van der Waals surface area (Å²) in [4.78, 5) is 9.72. The molecule has 0 aliphatic rings. The number of benzene rings is 1. The summed E-state index contributed by atoms with van der Waals surface area (Å²) >= 11 is 1.66. The van der Waals surface area contributed by atoms with Gasteiger partial charge in [0.1, 0.15) is 0 Å². The van der Waals surface area contributed by atoms with Gasteiger partial charge in [0.2, 0.25) is 0 Å². The molecule has 0 spiro atoms. The minimum absolute atomic E-state index is 0. The minimum Gasteiger partial charge on any atom is -0.352 e. The Kier molecular flexibility index (Phi) is 7.66. The molecule has 2 rings (SSSR count). The predicted molar refractivity (Wildman–Crippen MR) is 100 cm³/mol. The zero-order chi connectivity index (χ0) is 14.4. The fourth-order valence-corrected chi connectivity index (χ4v) is 2.58. The standard InChI is InChI=1S/C15H20N4S.HI/c1-11-6-4-5-7-13(11)8-17-15(16-3)18-9-14-12(2)19-10-20-14;/h4-7,10H,8-9H2,1-3H3,(H2,16,17,18);1H. The molecule has 0 fully saturated rings. The molecule has 0 radical (unpaired) electrons. The number of aryl methyl sites for hydroxylation is 2. The van der Waals surface area contributed by atoms with Crippen molar-refractivity contribution >= 4 is 41.3 Å². The van der Waals surface area contributed by atoms with Gasteiger partial charge in [-0.25, -0.2) is 4.98 Å². The van der Waals surface area contributed by atoms with Crippen molar-refractivity contribution < 1.29 is 0 Å². The minimum atomic E-state index is 0. The van der Waals surface area contributed by atoms with Gasteiger partial charge in [0.25, 0.3) is 0 Å². The molecule has 2 aromatic rings. The molecule has 2 N–H and O–H groups in total. The highest BCUT2D eigenvalue weighted by Crippen LogP contribution is 2.11. The van der Waals surface area contributed by atoms with Crippen LogP contribution in [0.4, 0.5) is 0 Å². The van der Waals surface area contributed by atoms with Crippen molar-refractivity contribution in [3.05, 3.63) is 51.5 Å². The second kappa shape index (κ2) is 8.99. The number of aromatic nitrogens is 1. The SMILES string of the molecule is CN=C(NCc1ccccc1C)NCc1scnc1C.I. The van der Waals surface area contributed by atoms with E-state index in [2.05, 4.69) is 51.8 Å². The third kappa shape index (κ3) is 5.28. The maximum absolute atomic E-state index is 4.24. The van der Waals surface area contributed by atoms with Crippen LogP contribution in [0.25, 0.3) is 0 Å². The smallest absolute Gasteiger partial charge is 0.191 e. The lowest BCUT2D eigenvalue weighted by Gasteiger charge is -2.12. The van der Waals surface area contributed by atoms with Gasteiger partial charge in [0.15, 0.2) is 5.96 Å². The molecule has 0 bridgehead atoms. The van der Waals surface area contributed by atoms with Crippen molar-refractivity contribution in [3.63, 3.8) is 0 Å². The number of aliphatic imine (C=N–C) groups is 1. The largest absolute Gasteiger partial charge is 0.352 e. The van der Waals surface area contributed by atoms with E-state index in [-0.39, 0.29) is 24.0 Å². The summed E-state index contributed by atoms with van der Waals surface area (Å²) in [6.45, 7) is 5.67. The van der Waals surface area contributed by atoms with E-state index in [1.165, 1.54) is 16.0 Å². The zero-order valence-electron chi connectivity index (χ0n) is 12.5. The van der Waals surface area contributed by atoms with Crippen LogP contribution in [0.2, 0.25) is 0 Å². The van der Waals surface area contributed by atoms with E-state index in [9.17, 15) is 0 Å². The zero-order valence-corrected chi connectivity index (χ0v) is 15.7. The maximum Gasteiger partial charge on any atom is 0.191 e. The molecule has 0 amide bonds. The van der Waals surface area contributed by atoms with Crippen molar-refractivity contribution in [2.45, 2.75) is 26.9 Å². The first kappa shape index (κ1) is 17.9. The van der Waals surface area contributed by atoms with E-state index in [1.807, 2.05) is 12.4 Å². The van der Waals surface area contributed by atoms with Crippen LogP contribution in [-0.2, 0) is 13.1 Å². The number of halogens is 1. The van der Waals surface area contributed by atoms with Crippen molar-refractivity contribution in [2.75, 3.05) is 7.05 Å². The van der Waals surface area contributed by atoms with Gasteiger partial charge in [0, 0.05) is 18.5 Å². The van der Waals surface area contributed by atoms with Gasteiger partial charge < -0.3 is 10.6 Å². The average molecular weight is 416 g/mol. The lowest BCUT2D eigenvalue weighted by atomic mass is 10.1. The molecule has 1 heterocycles. The Morgan fingerprint density at radius 2 is 1.90 bits per heavy atom. The van der Waals surface area contributed by atoms with Crippen molar-refractivity contribution in [3.8, 4) is 0 Å². The molecular weight excluding hydrogens is 395 g/mol. The number of hydrogen-bond acceptors (Lipinski definition) is 3. The van der Waals surface area contributed by atoms with Crippen LogP contribution >= 0.6 is 35.3 Å². The third-order valence-corrected chi connectivity index (χ3v) is 4.13. The summed E-state index contributed by atoms with van der Waals surface area (Å²) in [6, 6.07) is 8.36. The van der Waals surface area contributed by atoms with Crippen molar-refractivity contribution in [1.82, 2.24) is 15.6 Å². The maximum atomic E-state index is 4.24. The monoisotopic (exact) mass is 416 g/mol. The van der Waals surface area contributed by atoms with E-state index in [4.69, 9.17) is 0 Å². The van der Waals surface area contributed by atoms with Gasteiger partial charge in [-0.3, -0.25) is 4.99 Å². The molecular formula is C15H21IN4S. The fraction of sp³-hybridized carbons (Fsp3) is 0.333. The van der Waals surface area contributed by atoms with Crippen LogP contribution in [0.3, 0.4) is 0 Å². The van der Waals surface area contributed by atoms with Gasteiger partial charge in [-0.05, 0) is 25.0 Å². The van der Waals surface area contributed by atoms with E-state index < -0.39 is 0 Å². The van der Waals surface area contributed by atoms with Crippen LogP contribution in [0.5, 0.6) is 0 Å². The van der Waals surface area contributed by atoms with Gasteiger partial charge in [-0.2, -0.15) is 0 Å². The van der Waals surface area contributed by atoms with E-state index in [0.717, 1.165) is 24.7 Å². The van der Waals surface area contributed by atoms with Crippen molar-refractivity contribution in [1.29, 1.82) is 0 Å². The lowest BCUT2D eigenvalue weighted by Crippen LogP contribution is -2.36. The third-order valence-electron chi connectivity index (χ3n) is 3.19. The highest BCUT2D eigenvalue weighted by Gasteiger charge is 2.04. The summed E-state index contributed by atoms with van der Waals surface area (Å²) in [6.07, 6.45) is 0. The molecule has 21 heavy (non-hydrogen) atoms. The average Bonchev–Trinajstić information content (AvgIpc) is 2.86. The summed E-state index contributed by atoms with van der Waals surface area (Å²) in [5.74, 6) is 0.807. The number of rotatable bonds is 4. The van der Waals surface area contributed by atoms with Crippen LogP contribution in [0.1, 0.15) is 21.7 Å². The molecule has 0 saturated heterocycles. The number of nitrogens with one attached hydrogen (secondary N) is 2. The first-order chi connectivity index (χ1) is 9.70. The van der Waals surface area contributed by atoms with Crippen LogP contribution in [0, 0.1) is 13.8 Å². The Morgan fingerprint density at radius 3 is 2.52 bits per heavy atom. The molecule has 0 aliphatic heterocycles. The first-order valence-electron chi connectivity index (χ1n) is 6.58. The predicted octanol–water partition coefficient (Wildman–Crippen LogP) is 3.24. The molecule has 0 atom stereocenters. The Bertz CT molecular complexity index is 595. The first-order valence-corrected chi connectivity index (χ1v) is 7.46. The van der Waals surface area contributed by atoms with Crippen LogP contribution in [-0.4, -0.2) is 18.0 Å².